The quantitative estimate of drug-likeness (QED) is 0.162. The minimum Gasteiger partial charge on any atom is -0.309 e. The van der Waals surface area contributed by atoms with E-state index in [-0.39, 0.29) is 0 Å². The second-order valence-corrected chi connectivity index (χ2v) is 14.3. The molecule has 53 heavy (non-hydrogen) atoms. The average molecular weight is 695 g/mol. The maximum absolute atomic E-state index is 6.50. The van der Waals surface area contributed by atoms with Crippen LogP contribution >= 0.6 is 11.6 Å². The van der Waals surface area contributed by atoms with E-state index in [1.807, 2.05) is 18.2 Å². The van der Waals surface area contributed by atoms with Crippen LogP contribution in [-0.4, -0.2) is 9.13 Å². The van der Waals surface area contributed by atoms with E-state index >= 15 is 0 Å². The Morgan fingerprint density at radius 3 is 1.62 bits per heavy atom. The number of para-hydroxylation sites is 2. The molecule has 0 aliphatic heterocycles. The van der Waals surface area contributed by atoms with Crippen molar-refractivity contribution in [3.8, 4) is 33.6 Å². The Labute approximate surface area is 311 Å². The highest BCUT2D eigenvalue weighted by atomic mass is 35.5. The second kappa shape index (κ2) is 11.7. The molecule has 0 N–H and O–H groups in total. The molecule has 0 saturated carbocycles. The summed E-state index contributed by atoms with van der Waals surface area (Å²) >= 11 is 6.50. The zero-order valence-corrected chi connectivity index (χ0v) is 29.4. The monoisotopic (exact) mass is 694 g/mol. The molecule has 0 aliphatic rings. The van der Waals surface area contributed by atoms with Crippen LogP contribution in [0.2, 0.25) is 5.02 Å². The number of hydrogen-bond acceptors (Lipinski definition) is 0. The largest absolute Gasteiger partial charge is 0.309 e. The molecule has 0 fully saturated rings. The van der Waals surface area contributed by atoms with E-state index in [9.17, 15) is 0 Å². The molecule has 0 atom stereocenters. The first-order valence-corrected chi connectivity index (χ1v) is 18.4. The van der Waals surface area contributed by atoms with E-state index in [1.165, 1.54) is 82.0 Å². The van der Waals surface area contributed by atoms with Crippen molar-refractivity contribution < 1.29 is 0 Å². The number of aromatic nitrogens is 2. The zero-order chi connectivity index (χ0) is 35.0. The molecule has 0 amide bonds. The molecule has 0 bridgehead atoms. The second-order valence-electron chi connectivity index (χ2n) is 13.9. The zero-order valence-electron chi connectivity index (χ0n) is 28.7. The highest BCUT2D eigenvalue weighted by molar-refractivity contribution is 6.31. The smallest absolute Gasteiger partial charge is 0.0547 e. The van der Waals surface area contributed by atoms with Crippen LogP contribution in [0.1, 0.15) is 0 Å². The lowest BCUT2D eigenvalue weighted by Gasteiger charge is -2.14. The Kier molecular flexibility index (Phi) is 6.64. The summed E-state index contributed by atoms with van der Waals surface area (Å²) in [5.41, 5.74) is 11.7. The van der Waals surface area contributed by atoms with Crippen molar-refractivity contribution >= 4 is 76.8 Å². The minimum absolute atomic E-state index is 0.734. The molecular weight excluding hydrogens is 664 g/mol. The van der Waals surface area contributed by atoms with Crippen molar-refractivity contribution in [2.75, 3.05) is 0 Å². The third-order valence-corrected chi connectivity index (χ3v) is 11.2. The molecule has 9 aromatic carbocycles. The Bertz CT molecular complexity index is 3240. The summed E-state index contributed by atoms with van der Waals surface area (Å²) in [7, 11) is 0. The van der Waals surface area contributed by atoms with Crippen LogP contribution in [0.25, 0.3) is 98.8 Å². The molecule has 0 radical (unpaired) electrons. The van der Waals surface area contributed by atoms with Gasteiger partial charge in [-0.2, -0.15) is 0 Å². The minimum atomic E-state index is 0.734. The summed E-state index contributed by atoms with van der Waals surface area (Å²) < 4.78 is 4.85. The molecule has 0 unspecified atom stereocenters. The molecule has 2 aromatic heterocycles. The van der Waals surface area contributed by atoms with Crippen LogP contribution in [0.3, 0.4) is 0 Å². The van der Waals surface area contributed by atoms with E-state index in [2.05, 4.69) is 179 Å². The van der Waals surface area contributed by atoms with Gasteiger partial charge in [-0.1, -0.05) is 133 Å². The van der Waals surface area contributed by atoms with Gasteiger partial charge in [-0.25, -0.2) is 0 Å². The van der Waals surface area contributed by atoms with Gasteiger partial charge in [0.1, 0.15) is 0 Å². The topological polar surface area (TPSA) is 9.86 Å². The maximum Gasteiger partial charge on any atom is 0.0547 e. The Balaban J connectivity index is 1.19. The highest BCUT2D eigenvalue weighted by Crippen LogP contribution is 2.41. The number of rotatable bonds is 4. The van der Waals surface area contributed by atoms with Crippen LogP contribution in [0.15, 0.2) is 188 Å². The molecule has 0 saturated heterocycles. The van der Waals surface area contributed by atoms with E-state index in [0.717, 1.165) is 21.8 Å². The van der Waals surface area contributed by atoms with Crippen LogP contribution in [0, 0.1) is 0 Å². The first-order chi connectivity index (χ1) is 26.2. The van der Waals surface area contributed by atoms with Crippen LogP contribution in [0.5, 0.6) is 0 Å². The SMILES string of the molecule is Clc1cccc(-c2ccc3c(c2)c2cc(-c4ccc5c6ccccc6n(-c6ccccc6)c5c4)ccc2n3-c2cc3ccccc3c3ccccc23)c1. The fourth-order valence-corrected chi connectivity index (χ4v) is 8.73. The molecule has 11 aromatic rings. The molecule has 248 valence electrons. The molecule has 3 heteroatoms. The summed E-state index contributed by atoms with van der Waals surface area (Å²) in [5.74, 6) is 0. The molecule has 11 rings (SSSR count). The number of benzene rings is 9. The number of halogens is 1. The predicted octanol–water partition coefficient (Wildman–Crippen LogP) is 14.2. The summed E-state index contributed by atoms with van der Waals surface area (Å²) in [6, 6.07) is 68.1. The fraction of sp³-hybridized carbons (Fsp3) is 0. The average Bonchev–Trinajstić information content (AvgIpc) is 3.72. The lowest BCUT2D eigenvalue weighted by atomic mass is 9.99. The Morgan fingerprint density at radius 1 is 0.302 bits per heavy atom. The van der Waals surface area contributed by atoms with Crippen molar-refractivity contribution in [3.63, 3.8) is 0 Å². The lowest BCUT2D eigenvalue weighted by Crippen LogP contribution is -1.96. The van der Waals surface area contributed by atoms with Crippen LogP contribution in [-0.2, 0) is 0 Å². The van der Waals surface area contributed by atoms with E-state index in [4.69, 9.17) is 11.6 Å². The van der Waals surface area contributed by atoms with Crippen LogP contribution < -0.4 is 0 Å². The summed E-state index contributed by atoms with van der Waals surface area (Å²) in [6.07, 6.45) is 0. The summed E-state index contributed by atoms with van der Waals surface area (Å²) in [5, 5.41) is 10.6. The third-order valence-electron chi connectivity index (χ3n) is 10.9. The van der Waals surface area contributed by atoms with Crippen molar-refractivity contribution in [3.05, 3.63) is 193 Å². The molecule has 0 spiro atoms. The first kappa shape index (κ1) is 30.1. The summed E-state index contributed by atoms with van der Waals surface area (Å²) in [4.78, 5) is 0. The van der Waals surface area contributed by atoms with E-state index < -0.39 is 0 Å². The Morgan fingerprint density at radius 2 is 0.868 bits per heavy atom. The van der Waals surface area contributed by atoms with Gasteiger partial charge in [0, 0.05) is 37.6 Å². The molecular formula is C50H31ClN2. The molecule has 2 nitrogen and oxygen atoms in total. The standard InChI is InChI=1S/C50H31ClN2/c51-37-13-10-12-32(27-37)33-22-25-47-44(28-33)45-29-34(23-26-48(45)53(47)50-31-36-11-4-5-16-39(36)40-17-6-7-18-41(40)50)35-21-24-43-42-19-8-9-20-46(42)52(49(43)30-35)38-14-2-1-3-15-38/h1-31H. The normalized spacial score (nSPS) is 11.9. The first-order valence-electron chi connectivity index (χ1n) is 18.0. The maximum atomic E-state index is 6.50. The van der Waals surface area contributed by atoms with Gasteiger partial charge in [-0.15, -0.1) is 0 Å². The van der Waals surface area contributed by atoms with Gasteiger partial charge in [0.15, 0.2) is 0 Å². The lowest BCUT2D eigenvalue weighted by molar-refractivity contribution is 1.18. The van der Waals surface area contributed by atoms with Crippen LogP contribution in [0.4, 0.5) is 0 Å². The number of fused-ring (bicyclic) bond motifs is 9. The van der Waals surface area contributed by atoms with Crippen molar-refractivity contribution in [2.24, 2.45) is 0 Å². The van der Waals surface area contributed by atoms with E-state index in [1.54, 1.807) is 0 Å². The van der Waals surface area contributed by atoms with Gasteiger partial charge < -0.3 is 9.13 Å². The fourth-order valence-electron chi connectivity index (χ4n) is 8.53. The van der Waals surface area contributed by atoms with Gasteiger partial charge in [-0.05, 0) is 105 Å². The summed E-state index contributed by atoms with van der Waals surface area (Å²) in [6.45, 7) is 0. The number of hydrogen-bond donors (Lipinski definition) is 0. The van der Waals surface area contributed by atoms with Gasteiger partial charge in [0.25, 0.3) is 0 Å². The Hall–Kier alpha value is -6.61. The van der Waals surface area contributed by atoms with Gasteiger partial charge in [0.05, 0.1) is 27.8 Å². The molecule has 0 aliphatic carbocycles. The highest BCUT2D eigenvalue weighted by Gasteiger charge is 2.19. The molecule has 2 heterocycles. The van der Waals surface area contributed by atoms with Gasteiger partial charge in [-0.3, -0.25) is 0 Å². The van der Waals surface area contributed by atoms with E-state index in [0.29, 0.717) is 0 Å². The predicted molar refractivity (Wildman–Crippen MR) is 226 cm³/mol. The van der Waals surface area contributed by atoms with Crippen molar-refractivity contribution in [1.82, 2.24) is 9.13 Å². The third kappa shape index (κ3) is 4.66. The van der Waals surface area contributed by atoms with Gasteiger partial charge in [0.2, 0.25) is 0 Å². The number of nitrogens with zero attached hydrogens (tertiary/aromatic N) is 2. The van der Waals surface area contributed by atoms with Crippen molar-refractivity contribution in [2.45, 2.75) is 0 Å². The van der Waals surface area contributed by atoms with Gasteiger partial charge >= 0.3 is 0 Å². The van der Waals surface area contributed by atoms with Crippen molar-refractivity contribution in [1.29, 1.82) is 0 Å².